The van der Waals surface area contributed by atoms with Gasteiger partial charge in [-0.3, -0.25) is 4.79 Å². The van der Waals surface area contributed by atoms with Gasteiger partial charge in [-0.05, 0) is 20.8 Å². The van der Waals surface area contributed by atoms with E-state index >= 15 is 0 Å². The highest BCUT2D eigenvalue weighted by atomic mass is 16.7. The Morgan fingerprint density at radius 2 is 1.89 bits per heavy atom. The quantitative estimate of drug-likeness (QED) is 0.237. The van der Waals surface area contributed by atoms with Crippen molar-refractivity contribution in [2.45, 2.75) is 116 Å². The summed E-state index contributed by atoms with van der Waals surface area (Å²) in [6.07, 6.45) is -5.21. The van der Waals surface area contributed by atoms with E-state index in [0.717, 1.165) is 5.57 Å². The number of hydrogen-bond donors (Lipinski definition) is 4. The van der Waals surface area contributed by atoms with Crippen LogP contribution in [0.1, 0.15) is 60.8 Å². The number of amides is 1. The van der Waals surface area contributed by atoms with Gasteiger partial charge >= 0.3 is 0 Å². The molecule has 0 spiro atoms. The van der Waals surface area contributed by atoms with E-state index < -0.39 is 53.9 Å². The van der Waals surface area contributed by atoms with Crippen LogP contribution in [0.2, 0.25) is 0 Å². The maximum atomic E-state index is 13.1. The fraction of sp³-hybridized carbons (Fsp3) is 0.885. The predicted molar refractivity (Wildman–Crippen MR) is 133 cm³/mol. The minimum absolute atomic E-state index is 0.0234. The molecule has 0 aliphatic carbocycles. The van der Waals surface area contributed by atoms with Crippen LogP contribution < -0.4 is 5.32 Å². The lowest BCUT2D eigenvalue weighted by atomic mass is 9.74. The highest BCUT2D eigenvalue weighted by molar-refractivity contribution is 5.82. The molecular formula is C26H47NO9. The van der Waals surface area contributed by atoms with E-state index in [-0.39, 0.29) is 44.0 Å². The number of nitrogens with one attached hydrogen (secondary N) is 1. The molecule has 0 radical (unpaired) electrons. The van der Waals surface area contributed by atoms with Gasteiger partial charge in [0.05, 0.1) is 37.1 Å². The first-order valence-corrected chi connectivity index (χ1v) is 12.7. The van der Waals surface area contributed by atoms with Gasteiger partial charge in [-0.2, -0.15) is 0 Å². The van der Waals surface area contributed by atoms with Crippen molar-refractivity contribution < 1.29 is 43.8 Å². The lowest BCUT2D eigenvalue weighted by Crippen LogP contribution is -2.62. The highest BCUT2D eigenvalue weighted by Gasteiger charge is 2.51. The molecule has 2 aliphatic heterocycles. The summed E-state index contributed by atoms with van der Waals surface area (Å²) in [4.78, 5) is 13.1. The van der Waals surface area contributed by atoms with Crippen LogP contribution in [0.4, 0.5) is 0 Å². The molecule has 0 aromatic carbocycles. The third kappa shape index (κ3) is 7.05. The fourth-order valence-corrected chi connectivity index (χ4v) is 4.74. The molecule has 9 atom stereocenters. The summed E-state index contributed by atoms with van der Waals surface area (Å²) in [5.74, 6) is -2.29. The monoisotopic (exact) mass is 517 g/mol. The highest BCUT2D eigenvalue weighted by Crippen LogP contribution is 2.40. The third-order valence-electron chi connectivity index (χ3n) is 7.68. The second-order valence-corrected chi connectivity index (χ2v) is 11.0. The molecule has 10 heteroatoms. The first kappa shape index (κ1) is 31.1. The summed E-state index contributed by atoms with van der Waals surface area (Å²) in [5.41, 5.74) is 0.162. The van der Waals surface area contributed by atoms with E-state index in [1.165, 1.54) is 14.2 Å². The van der Waals surface area contributed by atoms with E-state index in [0.29, 0.717) is 0 Å². The van der Waals surface area contributed by atoms with Crippen LogP contribution in [-0.4, -0.2) is 96.8 Å². The van der Waals surface area contributed by atoms with Crippen LogP contribution in [0.15, 0.2) is 12.2 Å². The summed E-state index contributed by atoms with van der Waals surface area (Å²) in [6.45, 7) is 15.5. The Labute approximate surface area is 215 Å². The van der Waals surface area contributed by atoms with Gasteiger partial charge in [0.2, 0.25) is 5.79 Å². The maximum absolute atomic E-state index is 13.1. The minimum atomic E-state index is -1.66. The summed E-state index contributed by atoms with van der Waals surface area (Å²) < 4.78 is 28.7. The molecule has 2 aliphatic rings. The van der Waals surface area contributed by atoms with Crippen molar-refractivity contribution in [1.29, 1.82) is 0 Å². The molecule has 0 saturated carbocycles. The van der Waals surface area contributed by atoms with Gasteiger partial charge in [0.1, 0.15) is 6.10 Å². The number of aliphatic hydroxyl groups excluding tert-OH is 3. The number of rotatable bonds is 11. The van der Waals surface area contributed by atoms with Gasteiger partial charge in [0.25, 0.3) is 5.91 Å². The molecule has 2 saturated heterocycles. The zero-order chi connectivity index (χ0) is 27.4. The SMILES string of the molecule is C=C1C[C@](OC)([C@H](O)C(=O)N[C@@H](OC)C2C[C@@H](O)C(C)(C)[C@@H](C[C@H](O)COC(C)C)O2)O[C@H](C)[C@@H]1C. The topological polar surface area (TPSA) is 136 Å². The van der Waals surface area contributed by atoms with Gasteiger partial charge in [-0.25, -0.2) is 0 Å². The molecule has 210 valence electrons. The average molecular weight is 518 g/mol. The minimum Gasteiger partial charge on any atom is -0.392 e. The number of aliphatic hydroxyl groups is 3. The average Bonchev–Trinajstić information content (AvgIpc) is 2.81. The van der Waals surface area contributed by atoms with E-state index in [1.807, 2.05) is 41.5 Å². The van der Waals surface area contributed by atoms with Crippen LogP contribution in [-0.2, 0) is 28.5 Å². The van der Waals surface area contributed by atoms with E-state index in [1.54, 1.807) is 0 Å². The molecular weight excluding hydrogens is 470 g/mol. The predicted octanol–water partition coefficient (Wildman–Crippen LogP) is 1.50. The Morgan fingerprint density at radius 3 is 2.42 bits per heavy atom. The molecule has 10 nitrogen and oxygen atoms in total. The van der Waals surface area contributed by atoms with E-state index in [9.17, 15) is 20.1 Å². The van der Waals surface area contributed by atoms with Crippen molar-refractivity contribution in [3.05, 3.63) is 12.2 Å². The zero-order valence-corrected chi connectivity index (χ0v) is 23.0. The van der Waals surface area contributed by atoms with Crippen molar-refractivity contribution in [3.63, 3.8) is 0 Å². The second-order valence-electron chi connectivity index (χ2n) is 11.0. The van der Waals surface area contributed by atoms with Crippen molar-refractivity contribution in [1.82, 2.24) is 5.32 Å². The number of methoxy groups -OCH3 is 2. The number of carbonyl (C=O) groups excluding carboxylic acids is 1. The van der Waals surface area contributed by atoms with Crippen LogP contribution in [0.3, 0.4) is 0 Å². The van der Waals surface area contributed by atoms with Gasteiger partial charge in [0, 0.05) is 44.8 Å². The fourth-order valence-electron chi connectivity index (χ4n) is 4.74. The van der Waals surface area contributed by atoms with Gasteiger partial charge < -0.3 is 44.3 Å². The van der Waals surface area contributed by atoms with E-state index in [2.05, 4.69) is 11.9 Å². The van der Waals surface area contributed by atoms with Gasteiger partial charge in [0.15, 0.2) is 12.3 Å². The third-order valence-corrected chi connectivity index (χ3v) is 7.68. The Bertz CT molecular complexity index is 745. The van der Waals surface area contributed by atoms with Crippen LogP contribution in [0.5, 0.6) is 0 Å². The standard InChI is InChI=1S/C26H47NO9/c1-14(2)34-13-18(28)10-21-25(6,7)20(29)11-19(35-21)24(32-8)27-23(31)22(30)26(33-9)12-15(3)16(4)17(5)36-26/h14,16-22,24,28-30H,3,10-13H2,1-2,4-9H3,(H,27,31)/t16-,17-,18+,19?,20-,21-,22-,24+,26-/m1/s1. The summed E-state index contributed by atoms with van der Waals surface area (Å²) >= 11 is 0. The largest absolute Gasteiger partial charge is 0.392 e. The number of hydrogen-bond acceptors (Lipinski definition) is 9. The van der Waals surface area contributed by atoms with Crippen molar-refractivity contribution in [2.75, 3.05) is 20.8 Å². The van der Waals surface area contributed by atoms with E-state index in [4.69, 9.17) is 23.7 Å². The van der Waals surface area contributed by atoms with Crippen LogP contribution >= 0.6 is 0 Å². The molecule has 1 unspecified atom stereocenters. The zero-order valence-electron chi connectivity index (χ0n) is 23.0. The maximum Gasteiger partial charge on any atom is 0.256 e. The Kier molecular flexibility index (Phi) is 10.9. The second kappa shape index (κ2) is 12.6. The van der Waals surface area contributed by atoms with Crippen molar-refractivity contribution >= 4 is 5.91 Å². The van der Waals surface area contributed by atoms with Gasteiger partial charge in [-0.1, -0.05) is 32.9 Å². The molecule has 1 amide bonds. The molecule has 0 aromatic heterocycles. The first-order chi connectivity index (χ1) is 16.7. The number of ether oxygens (including phenoxy) is 5. The Morgan fingerprint density at radius 1 is 1.25 bits per heavy atom. The lowest BCUT2D eigenvalue weighted by molar-refractivity contribution is -0.298. The molecule has 0 bridgehead atoms. The summed E-state index contributed by atoms with van der Waals surface area (Å²) in [6, 6.07) is 0. The number of carbonyl (C=O) groups is 1. The first-order valence-electron chi connectivity index (χ1n) is 12.7. The summed E-state index contributed by atoms with van der Waals surface area (Å²) in [5, 5.41) is 35.0. The Balaban J connectivity index is 2.12. The molecule has 0 aromatic rings. The molecule has 2 heterocycles. The van der Waals surface area contributed by atoms with Crippen LogP contribution in [0, 0.1) is 11.3 Å². The van der Waals surface area contributed by atoms with Crippen molar-refractivity contribution in [3.8, 4) is 0 Å². The van der Waals surface area contributed by atoms with Crippen LogP contribution in [0.25, 0.3) is 0 Å². The molecule has 2 rings (SSSR count). The Hall–Kier alpha value is -1.11. The molecule has 2 fully saturated rings. The normalized spacial score (nSPS) is 35.3. The smallest absolute Gasteiger partial charge is 0.256 e. The van der Waals surface area contributed by atoms with Gasteiger partial charge in [-0.15, -0.1) is 0 Å². The molecule has 36 heavy (non-hydrogen) atoms. The summed E-state index contributed by atoms with van der Waals surface area (Å²) in [7, 11) is 2.78. The lowest BCUT2D eigenvalue weighted by Gasteiger charge is -2.48. The van der Waals surface area contributed by atoms with Crippen molar-refractivity contribution in [2.24, 2.45) is 11.3 Å². The molecule has 4 N–H and O–H groups in total.